The quantitative estimate of drug-likeness (QED) is 0.0322. The van der Waals surface area contributed by atoms with Crippen molar-refractivity contribution in [1.29, 1.82) is 0 Å². The normalized spacial score (nSPS) is 18.6. The fourth-order valence-electron chi connectivity index (χ4n) is 19.0. The molecule has 129 heavy (non-hydrogen) atoms. The van der Waals surface area contributed by atoms with E-state index in [1.807, 2.05) is 36.4 Å². The molecule has 9 heterocycles. The smallest absolute Gasteiger partial charge is 0.277 e. The number of fused-ring (bicyclic) bond motifs is 4. The van der Waals surface area contributed by atoms with E-state index in [2.05, 4.69) is 106 Å². The van der Waals surface area contributed by atoms with Crippen LogP contribution in [0.3, 0.4) is 0 Å². The molecule has 6 aromatic carbocycles. The Kier molecular flexibility index (Phi) is 26.0. The van der Waals surface area contributed by atoms with Crippen LogP contribution < -0.4 is 42.9 Å². The minimum absolute atomic E-state index is 0.0312. The van der Waals surface area contributed by atoms with Gasteiger partial charge in [-0.05, 0) is 188 Å². The number of hydrogen-bond acceptors (Lipinski definition) is 22. The number of hydrogen-bond donors (Lipinski definition) is 4. The highest BCUT2D eigenvalue weighted by Gasteiger charge is 2.39. The van der Waals surface area contributed by atoms with Gasteiger partial charge in [0.15, 0.2) is 0 Å². The Labute approximate surface area is 759 Å². The molecule has 4 aliphatic heterocycles. The molecule has 2 amide bonds. The number of carbonyl (C=O) groups is 2. The molecule has 672 valence electrons. The molecule has 7 aliphatic rings. The van der Waals surface area contributed by atoms with Gasteiger partial charge in [-0.25, -0.2) is 36.2 Å². The van der Waals surface area contributed by atoms with Crippen molar-refractivity contribution >= 4 is 111 Å². The fourth-order valence-corrected chi connectivity index (χ4v) is 21.2. The molecule has 4 N–H and O–H groups in total. The van der Waals surface area contributed by atoms with E-state index < -0.39 is 57.2 Å². The lowest BCUT2D eigenvalue weighted by Gasteiger charge is -2.39. The standard InChI is InChI=1S/C49H55ClN6O7S.C48H48ClN7O8S/c1-49(2)16-14-36(43(28-49)34-8-10-37(50)11-9-34)30-54-18-20-55(21-19-54)38-12-13-41(46(25-38)63-39-24-35-15-17-51-47(35)52-29-39)48(57)53-64(60,61)40-26-44(56(58)59)42-23-33(31-62-45(42)27-40)22-32-6-4-3-5-7-32;1-48(2)14-12-32(41(25-48)30-4-6-34(49)7-5-30)28-54-16-18-55(19-17-54)35-8-10-39(45(22-35)64-37-20-31-13-15-50-46(31)52-27-37)47(57)53-65(60,61)38-23-43(56(58)59)40-21-33(29-63-44(40)24-38)42-11-9-36(62-3)26-51-42/h8-13,15,17,24-27,29,32-33H,3-7,14,16,18-23,28,30-31H2,1-2H3,(H,51,52)(H,53,57);4-11,13,15,20,22-24,26-27,33H,12,14,16-19,21,25,28-29H2,1-3H3,(H,50,52)(H,53,57)/t;33-/m.0/s1. The fraction of sp³-hybridized carbons (Fsp3) is 0.371. The number of benzene rings is 6. The number of ether oxygens (including phenoxy) is 5. The summed E-state index contributed by atoms with van der Waals surface area (Å²) in [7, 11) is -7.75. The van der Waals surface area contributed by atoms with Crippen LogP contribution >= 0.6 is 23.2 Å². The average Bonchev–Trinajstić information content (AvgIpc) is 1.52. The van der Waals surface area contributed by atoms with Crippen molar-refractivity contribution in [3.63, 3.8) is 0 Å². The number of rotatable bonds is 24. The van der Waals surface area contributed by atoms with Gasteiger partial charge in [-0.2, -0.15) is 0 Å². The van der Waals surface area contributed by atoms with E-state index in [0.29, 0.717) is 71.8 Å². The minimum atomic E-state index is -4.67. The van der Waals surface area contributed by atoms with Crippen molar-refractivity contribution in [1.82, 2.24) is 44.2 Å². The SMILES string of the molecule is CC1(C)CCC(CN2CCN(c3ccc(C(=O)NS(=O)(=O)c4cc5c(c([N+](=O)[O-])c4)CC(CC4CCCCC4)CO5)c(Oc4cnc5[nH]ccc5c4)c3)CC2)=C(c2ccc(Cl)cc2)C1.COc1ccc([C@@H]2COc3cc(S(=O)(=O)NC(=O)c4ccc(N5CCN(CC6=C(c7ccc(Cl)cc7)CC(C)(C)CC6)CC5)cc4Oc4cnc5[nH]ccc5c4)cc([N+](=O)[O-])c3C2)nc1. The number of allylic oxidation sites excluding steroid dienone is 2. The van der Waals surface area contributed by atoms with Gasteiger partial charge >= 0.3 is 0 Å². The highest BCUT2D eigenvalue weighted by atomic mass is 35.5. The molecule has 5 aromatic heterocycles. The van der Waals surface area contributed by atoms with Gasteiger partial charge in [-0.1, -0.05) is 118 Å². The second kappa shape index (κ2) is 37.6. The Morgan fingerprint density at radius 2 is 0.992 bits per heavy atom. The molecule has 1 saturated carbocycles. The van der Waals surface area contributed by atoms with Crippen LogP contribution in [0.1, 0.15) is 159 Å². The number of H-pyrrole nitrogens is 2. The third-order valence-electron chi connectivity index (χ3n) is 26.1. The van der Waals surface area contributed by atoms with Crippen molar-refractivity contribution < 1.29 is 60.0 Å². The van der Waals surface area contributed by atoms with Crippen LogP contribution in [0.4, 0.5) is 22.7 Å². The van der Waals surface area contributed by atoms with Crippen LogP contribution in [0.2, 0.25) is 10.0 Å². The molecule has 2 atom stereocenters. The number of nitrogens with zero attached hydrogens (tertiary/aromatic N) is 9. The van der Waals surface area contributed by atoms with Crippen LogP contribution in [0.15, 0.2) is 198 Å². The molecule has 0 radical (unpaired) electrons. The van der Waals surface area contributed by atoms with Crippen molar-refractivity contribution in [2.45, 2.75) is 133 Å². The largest absolute Gasteiger partial charge is 0.495 e. The maximum Gasteiger partial charge on any atom is 0.277 e. The molecule has 18 rings (SSSR count). The zero-order valence-corrected chi connectivity index (χ0v) is 75.7. The van der Waals surface area contributed by atoms with E-state index in [-0.39, 0.29) is 81.1 Å². The minimum Gasteiger partial charge on any atom is -0.495 e. The summed E-state index contributed by atoms with van der Waals surface area (Å²) in [5.74, 6) is 0.105. The first kappa shape index (κ1) is 89.1. The van der Waals surface area contributed by atoms with Crippen molar-refractivity contribution in [2.24, 2.45) is 22.7 Å². The Balaban J connectivity index is 0.000000181. The molecule has 0 bridgehead atoms. The molecular weight excluding hydrogens is 1720 g/mol. The number of aromatic amines is 2. The maximum atomic E-state index is 14.1. The number of nitro groups is 2. The van der Waals surface area contributed by atoms with Gasteiger partial charge in [0, 0.05) is 158 Å². The number of carbonyl (C=O) groups excluding carboxylic acids is 2. The number of nitrogens with one attached hydrogen (secondary N) is 4. The molecule has 0 spiro atoms. The number of methoxy groups -OCH3 is 1. The molecule has 3 fully saturated rings. The van der Waals surface area contributed by atoms with E-state index in [4.69, 9.17) is 46.9 Å². The first-order valence-corrected chi connectivity index (χ1v) is 47.6. The summed E-state index contributed by atoms with van der Waals surface area (Å²) in [6, 6.07) is 41.7. The predicted octanol–water partition coefficient (Wildman–Crippen LogP) is 19.3. The zero-order chi connectivity index (χ0) is 90.0. The first-order valence-electron chi connectivity index (χ1n) is 43.9. The molecule has 28 nitrogen and oxygen atoms in total. The number of piperazine rings is 2. The second-order valence-corrected chi connectivity index (χ2v) is 40.5. The number of halogens is 2. The average molecular weight is 1830 g/mol. The summed E-state index contributed by atoms with van der Waals surface area (Å²) in [5.41, 5.74) is 12.0. The summed E-state index contributed by atoms with van der Waals surface area (Å²) in [5, 5.41) is 27.8. The van der Waals surface area contributed by atoms with E-state index in [1.165, 1.54) is 90.4 Å². The van der Waals surface area contributed by atoms with Gasteiger partial charge in [0.1, 0.15) is 51.5 Å². The van der Waals surface area contributed by atoms with Crippen LogP contribution in [0, 0.1) is 42.9 Å². The number of sulfonamides is 2. The third-order valence-corrected chi connectivity index (χ3v) is 29.3. The maximum absolute atomic E-state index is 14.1. The molecular formula is C97H103Cl2N13O15S2. The van der Waals surface area contributed by atoms with E-state index in [0.717, 1.165) is 154 Å². The predicted molar refractivity (Wildman–Crippen MR) is 497 cm³/mol. The zero-order valence-electron chi connectivity index (χ0n) is 72.6. The Hall–Kier alpha value is -11.9. The van der Waals surface area contributed by atoms with Gasteiger partial charge in [0.05, 0.1) is 80.8 Å². The molecule has 2 saturated heterocycles. The molecule has 3 aliphatic carbocycles. The van der Waals surface area contributed by atoms with Crippen molar-refractivity contribution in [3.05, 3.63) is 257 Å². The van der Waals surface area contributed by atoms with E-state index in [1.54, 1.807) is 73.2 Å². The molecule has 32 heteroatoms. The second-order valence-electron chi connectivity index (χ2n) is 36.3. The lowest BCUT2D eigenvalue weighted by molar-refractivity contribution is -0.386. The van der Waals surface area contributed by atoms with Crippen LogP contribution in [0.5, 0.6) is 40.2 Å². The topological polar surface area (TPSA) is 342 Å². The van der Waals surface area contributed by atoms with Gasteiger partial charge in [-0.3, -0.25) is 44.6 Å². The number of anilines is 2. The Morgan fingerprint density at radius 3 is 1.44 bits per heavy atom. The third kappa shape index (κ3) is 20.7. The highest BCUT2D eigenvalue weighted by Crippen LogP contribution is 2.48. The summed E-state index contributed by atoms with van der Waals surface area (Å²) < 4.78 is 89.9. The number of pyridine rings is 3. The first-order chi connectivity index (χ1) is 62.0. The summed E-state index contributed by atoms with van der Waals surface area (Å²) in [6.07, 6.45) is 22.0. The van der Waals surface area contributed by atoms with E-state index >= 15 is 0 Å². The monoisotopic (exact) mass is 1820 g/mol. The highest BCUT2D eigenvalue weighted by molar-refractivity contribution is 7.90. The Bertz CT molecular complexity index is 6400. The molecule has 11 aromatic rings. The van der Waals surface area contributed by atoms with Gasteiger partial charge < -0.3 is 43.5 Å². The summed E-state index contributed by atoms with van der Waals surface area (Å²) in [6.45, 7) is 17.7. The van der Waals surface area contributed by atoms with Crippen molar-refractivity contribution in [2.75, 3.05) is 95.6 Å². The number of nitro benzene ring substituents is 2. The van der Waals surface area contributed by atoms with E-state index in [9.17, 15) is 46.7 Å². The van der Waals surface area contributed by atoms with Crippen LogP contribution in [-0.2, 0) is 32.9 Å². The van der Waals surface area contributed by atoms with Gasteiger partial charge in [0.25, 0.3) is 43.2 Å². The number of amides is 2. The van der Waals surface area contributed by atoms with Crippen LogP contribution in [-0.4, -0.2) is 159 Å². The van der Waals surface area contributed by atoms with Gasteiger partial charge in [0.2, 0.25) is 0 Å². The van der Waals surface area contributed by atoms with Crippen LogP contribution in [0.25, 0.3) is 33.2 Å². The van der Waals surface area contributed by atoms with Gasteiger partial charge in [-0.15, -0.1) is 0 Å². The number of aromatic nitrogens is 5. The summed E-state index contributed by atoms with van der Waals surface area (Å²) in [4.78, 5) is 79.6. The summed E-state index contributed by atoms with van der Waals surface area (Å²) >= 11 is 12.5. The lowest BCUT2D eigenvalue weighted by Crippen LogP contribution is -2.47. The Morgan fingerprint density at radius 1 is 0.535 bits per heavy atom. The molecule has 1 unspecified atom stereocenters. The van der Waals surface area contributed by atoms with Crippen molar-refractivity contribution in [3.8, 4) is 40.2 Å². The lowest BCUT2D eigenvalue weighted by atomic mass is 9.72.